The van der Waals surface area contributed by atoms with Gasteiger partial charge >= 0.3 is 5.97 Å². The molecule has 2 aliphatic rings. The van der Waals surface area contributed by atoms with Crippen molar-refractivity contribution in [2.45, 2.75) is 25.8 Å². The number of carbonyl (C=O) groups is 4. The van der Waals surface area contributed by atoms with E-state index in [-0.39, 0.29) is 17.6 Å². The van der Waals surface area contributed by atoms with Gasteiger partial charge in [-0.05, 0) is 44.0 Å². The van der Waals surface area contributed by atoms with Gasteiger partial charge in [0.05, 0.1) is 18.9 Å². The maximum absolute atomic E-state index is 12.5. The average Bonchev–Trinajstić information content (AvgIpc) is 2.96. The highest BCUT2D eigenvalue weighted by molar-refractivity contribution is 6.08. The van der Waals surface area contributed by atoms with Crippen molar-refractivity contribution in [2.75, 3.05) is 13.7 Å². The van der Waals surface area contributed by atoms with Crippen molar-refractivity contribution >= 4 is 23.6 Å². The second-order valence-corrected chi connectivity index (χ2v) is 6.64. The number of methoxy groups -OCH3 is 1. The molecule has 0 saturated carbocycles. The third-order valence-electron chi connectivity index (χ3n) is 5.03. The molecule has 7 nitrogen and oxygen atoms in total. The van der Waals surface area contributed by atoms with Crippen LogP contribution in [0.3, 0.4) is 0 Å². The van der Waals surface area contributed by atoms with E-state index in [2.05, 4.69) is 0 Å². The summed E-state index contributed by atoms with van der Waals surface area (Å²) in [7, 11) is 1.52. The third kappa shape index (κ3) is 3.63. The number of hydrogen-bond donors (Lipinski definition) is 0. The second kappa shape index (κ2) is 7.73. The van der Waals surface area contributed by atoms with Crippen molar-refractivity contribution < 1.29 is 28.7 Å². The number of imide groups is 1. The highest BCUT2D eigenvalue weighted by Crippen LogP contribution is 2.36. The Hall–Kier alpha value is -2.96. The molecular weight excluding hydrogens is 350 g/mol. The first-order chi connectivity index (χ1) is 12.9. The van der Waals surface area contributed by atoms with Crippen LogP contribution >= 0.6 is 0 Å². The Bertz CT molecular complexity index is 771. The minimum absolute atomic E-state index is 0.347. The van der Waals surface area contributed by atoms with Gasteiger partial charge in [0.2, 0.25) is 11.8 Å². The Kier molecular flexibility index (Phi) is 5.39. The molecule has 0 spiro atoms. The van der Waals surface area contributed by atoms with Crippen LogP contribution in [0.15, 0.2) is 36.4 Å². The molecule has 3 rings (SSSR count). The van der Waals surface area contributed by atoms with Crippen LogP contribution in [0.5, 0.6) is 5.75 Å². The molecular formula is C20H21NO6. The summed E-state index contributed by atoms with van der Waals surface area (Å²) in [6.07, 6.45) is 4.77. The summed E-state index contributed by atoms with van der Waals surface area (Å²) in [6.45, 7) is 0.987. The Labute approximate surface area is 156 Å². The number of Topliss-reactive ketones (excluding diaryl/α,β-unsaturated/α-hetero) is 1. The molecule has 7 heteroatoms. The van der Waals surface area contributed by atoms with Crippen LogP contribution in [0.2, 0.25) is 0 Å². The van der Waals surface area contributed by atoms with E-state index in [0.29, 0.717) is 24.2 Å². The summed E-state index contributed by atoms with van der Waals surface area (Å²) in [5, 5.41) is 0. The Balaban J connectivity index is 1.59. The van der Waals surface area contributed by atoms with Gasteiger partial charge in [0.25, 0.3) is 0 Å². The molecule has 0 aromatic heterocycles. The fourth-order valence-electron chi connectivity index (χ4n) is 3.43. The molecule has 2 amide bonds. The van der Waals surface area contributed by atoms with Crippen molar-refractivity contribution in [2.24, 2.45) is 11.8 Å². The average molecular weight is 371 g/mol. The van der Waals surface area contributed by atoms with Crippen molar-refractivity contribution in [3.8, 4) is 5.75 Å². The summed E-state index contributed by atoms with van der Waals surface area (Å²) in [5.41, 5.74) is 0.377. The monoisotopic (exact) mass is 371 g/mol. The molecule has 1 heterocycles. The normalized spacial score (nSPS) is 22.4. The lowest BCUT2D eigenvalue weighted by Crippen LogP contribution is -2.44. The minimum Gasteiger partial charge on any atom is -0.497 e. The molecule has 0 unspecified atom stereocenters. The van der Waals surface area contributed by atoms with Gasteiger partial charge in [-0.25, -0.2) is 4.79 Å². The smallest absolute Gasteiger partial charge is 0.329 e. The van der Waals surface area contributed by atoms with Gasteiger partial charge < -0.3 is 9.47 Å². The van der Waals surface area contributed by atoms with Gasteiger partial charge in [0, 0.05) is 5.56 Å². The van der Waals surface area contributed by atoms with Crippen LogP contribution in [-0.2, 0) is 19.1 Å². The Morgan fingerprint density at radius 2 is 1.63 bits per heavy atom. The highest BCUT2D eigenvalue weighted by Gasteiger charge is 2.50. The van der Waals surface area contributed by atoms with E-state index in [0.717, 1.165) is 4.90 Å². The summed E-state index contributed by atoms with van der Waals surface area (Å²) < 4.78 is 10.1. The molecule has 1 aromatic carbocycles. The maximum Gasteiger partial charge on any atom is 0.329 e. The SMILES string of the molecule is COc1ccc(C(=O)COC(=O)[C@H](C)N2C(=O)[C@@H]3CC=CC[C@H]3C2=O)cc1. The molecule has 3 atom stereocenters. The third-order valence-corrected chi connectivity index (χ3v) is 5.03. The van der Waals surface area contributed by atoms with Gasteiger partial charge in [-0.1, -0.05) is 12.2 Å². The molecule has 0 bridgehead atoms. The number of hydrogen-bond acceptors (Lipinski definition) is 6. The lowest BCUT2D eigenvalue weighted by molar-refractivity contribution is -0.157. The minimum atomic E-state index is -1.06. The Morgan fingerprint density at radius 3 is 2.15 bits per heavy atom. The van der Waals surface area contributed by atoms with Crippen molar-refractivity contribution in [3.05, 3.63) is 42.0 Å². The van der Waals surface area contributed by atoms with E-state index in [1.165, 1.54) is 14.0 Å². The number of esters is 1. The zero-order valence-electron chi connectivity index (χ0n) is 15.2. The molecule has 27 heavy (non-hydrogen) atoms. The fourth-order valence-corrected chi connectivity index (χ4v) is 3.43. The highest BCUT2D eigenvalue weighted by atomic mass is 16.5. The molecule has 142 valence electrons. The Morgan fingerprint density at radius 1 is 1.07 bits per heavy atom. The molecule has 0 radical (unpaired) electrons. The summed E-state index contributed by atoms with van der Waals surface area (Å²) >= 11 is 0. The molecule has 1 saturated heterocycles. The molecule has 1 aromatic rings. The number of ether oxygens (including phenoxy) is 2. The number of likely N-dealkylation sites (tertiary alicyclic amines) is 1. The van der Waals surface area contributed by atoms with Gasteiger partial charge in [-0.2, -0.15) is 0 Å². The van der Waals surface area contributed by atoms with E-state index in [9.17, 15) is 19.2 Å². The van der Waals surface area contributed by atoms with Crippen LogP contribution in [-0.4, -0.2) is 48.2 Å². The first-order valence-electron chi connectivity index (χ1n) is 8.80. The predicted octanol–water partition coefficient (Wildman–Crippen LogP) is 1.76. The van der Waals surface area contributed by atoms with E-state index < -0.39 is 30.5 Å². The first-order valence-corrected chi connectivity index (χ1v) is 8.80. The number of nitrogens with zero attached hydrogens (tertiary/aromatic N) is 1. The topological polar surface area (TPSA) is 90.0 Å². The number of amides is 2. The van der Waals surface area contributed by atoms with Gasteiger partial charge in [-0.15, -0.1) is 0 Å². The standard InChI is InChI=1S/C20H21NO6/c1-12(21-18(23)15-5-3-4-6-16(15)19(21)24)20(25)27-11-17(22)13-7-9-14(26-2)10-8-13/h3-4,7-10,12,15-16H,5-6,11H2,1-2H3/t12-,15+,16+/m0/s1. The number of ketones is 1. The van der Waals surface area contributed by atoms with E-state index in [1.54, 1.807) is 24.3 Å². The number of carbonyl (C=O) groups excluding carboxylic acids is 4. The number of allylic oxidation sites excluding steroid dienone is 2. The molecule has 0 N–H and O–H groups in total. The van der Waals surface area contributed by atoms with Crippen LogP contribution in [0.4, 0.5) is 0 Å². The van der Waals surface area contributed by atoms with E-state index in [1.807, 2.05) is 12.2 Å². The largest absolute Gasteiger partial charge is 0.497 e. The second-order valence-electron chi connectivity index (χ2n) is 6.64. The fraction of sp³-hybridized carbons (Fsp3) is 0.400. The van der Waals surface area contributed by atoms with Crippen LogP contribution in [0, 0.1) is 11.8 Å². The lowest BCUT2D eigenvalue weighted by Gasteiger charge is -2.21. The van der Waals surface area contributed by atoms with E-state index >= 15 is 0 Å². The molecule has 1 aliphatic carbocycles. The zero-order chi connectivity index (χ0) is 19.6. The molecule has 1 aliphatic heterocycles. The number of rotatable bonds is 6. The zero-order valence-corrected chi connectivity index (χ0v) is 15.2. The summed E-state index contributed by atoms with van der Waals surface area (Å²) in [5.74, 6) is -2.04. The van der Waals surface area contributed by atoms with Gasteiger partial charge in [-0.3, -0.25) is 19.3 Å². The van der Waals surface area contributed by atoms with E-state index in [4.69, 9.17) is 9.47 Å². The van der Waals surface area contributed by atoms with Crippen molar-refractivity contribution in [1.29, 1.82) is 0 Å². The van der Waals surface area contributed by atoms with Crippen molar-refractivity contribution in [3.63, 3.8) is 0 Å². The summed E-state index contributed by atoms with van der Waals surface area (Å²) in [6, 6.07) is 5.36. The predicted molar refractivity (Wildman–Crippen MR) is 95.0 cm³/mol. The van der Waals surface area contributed by atoms with Gasteiger partial charge in [0.15, 0.2) is 12.4 Å². The summed E-state index contributed by atoms with van der Waals surface area (Å²) in [4.78, 5) is 50.4. The number of benzene rings is 1. The van der Waals surface area contributed by atoms with Crippen molar-refractivity contribution in [1.82, 2.24) is 4.90 Å². The van der Waals surface area contributed by atoms with Crippen LogP contribution in [0.1, 0.15) is 30.1 Å². The maximum atomic E-state index is 12.5. The molecule has 1 fully saturated rings. The van der Waals surface area contributed by atoms with Crippen LogP contribution < -0.4 is 4.74 Å². The quantitative estimate of drug-likeness (QED) is 0.328. The van der Waals surface area contributed by atoms with Gasteiger partial charge in [0.1, 0.15) is 11.8 Å². The lowest BCUT2D eigenvalue weighted by atomic mass is 9.85. The number of fused-ring (bicyclic) bond motifs is 1. The first kappa shape index (κ1) is 18.8. The van der Waals surface area contributed by atoms with Crippen LogP contribution in [0.25, 0.3) is 0 Å².